The summed E-state index contributed by atoms with van der Waals surface area (Å²) in [5.41, 5.74) is -1.37. The smallest absolute Gasteiger partial charge is 0.303 e. The Kier molecular flexibility index (Phi) is 5.46. The molecule has 0 N–H and O–H groups in total. The third kappa shape index (κ3) is 3.32. The first-order valence-corrected chi connectivity index (χ1v) is 12.5. The molecule has 0 bridgehead atoms. The third-order valence-corrected chi connectivity index (χ3v) is 9.52. The summed E-state index contributed by atoms with van der Waals surface area (Å²) in [5.74, 6) is -1.70. The van der Waals surface area contributed by atoms with Gasteiger partial charge in [-0.1, -0.05) is 25.5 Å². The Morgan fingerprint density at radius 2 is 1.97 bits per heavy atom. The lowest BCUT2D eigenvalue weighted by atomic mass is 9.46. The molecule has 5 aliphatic rings. The van der Waals surface area contributed by atoms with Crippen LogP contribution in [0.1, 0.15) is 60.3 Å². The molecule has 4 aliphatic carbocycles. The number of hydrogen-bond donors (Lipinski definition) is 0. The Balaban J connectivity index is 1.60. The van der Waals surface area contributed by atoms with Gasteiger partial charge in [-0.15, -0.1) is 0 Å². The van der Waals surface area contributed by atoms with Gasteiger partial charge in [0.15, 0.2) is 23.8 Å². The molecule has 0 aromatic rings. The molecule has 0 aromatic carbocycles. The highest BCUT2D eigenvalue weighted by Crippen LogP contribution is 2.70. The van der Waals surface area contributed by atoms with Crippen molar-refractivity contribution in [3.05, 3.63) is 23.8 Å². The van der Waals surface area contributed by atoms with Crippen molar-refractivity contribution in [2.75, 3.05) is 6.61 Å². The fourth-order valence-corrected chi connectivity index (χ4v) is 8.36. The zero-order valence-electron chi connectivity index (χ0n) is 21.0. The lowest BCUT2D eigenvalue weighted by molar-refractivity contribution is -0.227. The number of ketones is 2. The van der Waals surface area contributed by atoms with E-state index in [2.05, 4.69) is 6.92 Å². The highest BCUT2D eigenvalue weighted by Gasteiger charge is 2.77. The number of Topliss-reactive ketones (excluding diaryl/α,β-unsaturated/α-hetero) is 1. The summed E-state index contributed by atoms with van der Waals surface area (Å²) in [4.78, 5) is 49.1. The van der Waals surface area contributed by atoms with Gasteiger partial charge in [0.1, 0.15) is 6.10 Å². The van der Waals surface area contributed by atoms with Crippen LogP contribution in [0.15, 0.2) is 23.8 Å². The summed E-state index contributed by atoms with van der Waals surface area (Å²) in [6.45, 7) is 9.11. The van der Waals surface area contributed by atoms with Crippen LogP contribution in [0.5, 0.6) is 0 Å². The van der Waals surface area contributed by atoms with Gasteiger partial charge in [-0.3, -0.25) is 19.2 Å². The van der Waals surface area contributed by atoms with E-state index in [-0.39, 0.29) is 29.3 Å². The summed E-state index contributed by atoms with van der Waals surface area (Å²) in [7, 11) is 0. The molecule has 0 aromatic heterocycles. The van der Waals surface area contributed by atoms with Crippen molar-refractivity contribution < 1.29 is 38.1 Å². The second kappa shape index (κ2) is 7.84. The van der Waals surface area contributed by atoms with Gasteiger partial charge in [0.2, 0.25) is 5.78 Å². The minimum atomic E-state index is -1.32. The van der Waals surface area contributed by atoms with Gasteiger partial charge >= 0.3 is 5.97 Å². The van der Waals surface area contributed by atoms with Gasteiger partial charge in [0.25, 0.3) is 6.47 Å². The van der Waals surface area contributed by atoms with Crippen molar-refractivity contribution in [3.63, 3.8) is 0 Å². The maximum absolute atomic E-state index is 13.8. The molecule has 8 nitrogen and oxygen atoms in total. The molecule has 8 atom stereocenters. The number of fused-ring (bicyclic) bond motifs is 7. The molecule has 0 spiro atoms. The lowest BCUT2D eigenvalue weighted by Crippen LogP contribution is -2.64. The van der Waals surface area contributed by atoms with Crippen LogP contribution in [-0.2, 0) is 38.1 Å². The number of hydrogen-bond acceptors (Lipinski definition) is 8. The zero-order chi connectivity index (χ0) is 25.4. The van der Waals surface area contributed by atoms with Crippen LogP contribution in [0.3, 0.4) is 0 Å². The van der Waals surface area contributed by atoms with Crippen LogP contribution in [0.2, 0.25) is 0 Å². The average Bonchev–Trinajstić information content (AvgIpc) is 3.18. The fourth-order valence-electron chi connectivity index (χ4n) is 8.36. The molecule has 0 amide bonds. The fraction of sp³-hybridized carbons (Fsp3) is 0.704. The van der Waals surface area contributed by atoms with Gasteiger partial charge in [-0.25, -0.2) is 0 Å². The van der Waals surface area contributed by atoms with Crippen LogP contribution >= 0.6 is 0 Å². The Bertz CT molecular complexity index is 1040. The first-order valence-electron chi connectivity index (χ1n) is 12.5. The number of rotatable bonds is 5. The number of ether oxygens (including phenoxy) is 4. The molecule has 0 radical (unpaired) electrons. The quantitative estimate of drug-likeness (QED) is 0.431. The maximum Gasteiger partial charge on any atom is 0.303 e. The lowest BCUT2D eigenvalue weighted by Gasteiger charge is -2.60. The molecule has 5 rings (SSSR count). The molecular weight excluding hydrogens is 452 g/mol. The van der Waals surface area contributed by atoms with Gasteiger partial charge < -0.3 is 18.9 Å². The van der Waals surface area contributed by atoms with E-state index in [0.717, 1.165) is 18.4 Å². The van der Waals surface area contributed by atoms with Gasteiger partial charge in [0, 0.05) is 23.7 Å². The molecule has 190 valence electrons. The van der Waals surface area contributed by atoms with Crippen molar-refractivity contribution in [3.8, 4) is 0 Å². The molecule has 3 saturated carbocycles. The topological polar surface area (TPSA) is 105 Å². The third-order valence-electron chi connectivity index (χ3n) is 9.52. The predicted octanol–water partition coefficient (Wildman–Crippen LogP) is 3.08. The van der Waals surface area contributed by atoms with Gasteiger partial charge in [0.05, 0.1) is 6.10 Å². The van der Waals surface area contributed by atoms with E-state index in [1.54, 1.807) is 26.0 Å². The maximum atomic E-state index is 13.8. The first-order chi connectivity index (χ1) is 16.4. The molecule has 1 heterocycles. The van der Waals surface area contributed by atoms with Crippen LogP contribution < -0.4 is 0 Å². The van der Waals surface area contributed by atoms with Crippen molar-refractivity contribution in [1.82, 2.24) is 0 Å². The number of carbonyl (C=O) groups is 4. The normalized spacial score (nSPS) is 44.9. The summed E-state index contributed by atoms with van der Waals surface area (Å²) >= 11 is 0. The first kappa shape index (κ1) is 24.4. The van der Waals surface area contributed by atoms with Crippen molar-refractivity contribution in [2.24, 2.45) is 28.6 Å². The van der Waals surface area contributed by atoms with Gasteiger partial charge in [-0.2, -0.15) is 0 Å². The Morgan fingerprint density at radius 1 is 1.23 bits per heavy atom. The van der Waals surface area contributed by atoms with E-state index < -0.39 is 47.0 Å². The monoisotopic (exact) mass is 486 g/mol. The number of esters is 1. The standard InChI is InChI=1S/C27H34O8/c1-15(29)32-13-21(31)27-22(34-24(2,3)35-27)11-19-18-7-6-16-10-17(30)8-9-25(16,4)23(18)20(33-14-28)12-26(19,27)5/h8-10,14,18-20,22-23H,6-7,11-13H2,1-5H3/t18?,19?,20?,22-,23?,25+,26+,27-/m1/s1. The van der Waals surface area contributed by atoms with Crippen LogP contribution in [0.25, 0.3) is 0 Å². The predicted molar refractivity (Wildman–Crippen MR) is 123 cm³/mol. The zero-order valence-corrected chi connectivity index (χ0v) is 21.0. The second-order valence-corrected chi connectivity index (χ2v) is 11.7. The molecule has 4 fully saturated rings. The molecule has 1 aliphatic heterocycles. The average molecular weight is 487 g/mol. The molecule has 35 heavy (non-hydrogen) atoms. The van der Waals surface area contributed by atoms with E-state index >= 15 is 0 Å². The van der Waals surface area contributed by atoms with E-state index in [9.17, 15) is 19.2 Å². The number of allylic oxidation sites excluding steroid dienone is 4. The number of carbonyl (C=O) groups excluding carboxylic acids is 4. The van der Waals surface area contributed by atoms with E-state index in [1.807, 2.05) is 13.0 Å². The molecule has 1 saturated heterocycles. The minimum absolute atomic E-state index is 0.0149. The van der Waals surface area contributed by atoms with Crippen LogP contribution in [-0.4, -0.2) is 54.2 Å². The molecule has 4 unspecified atom stereocenters. The summed E-state index contributed by atoms with van der Waals surface area (Å²) in [6.07, 6.45) is 6.94. The Hall–Kier alpha value is -2.32. The van der Waals surface area contributed by atoms with Crippen molar-refractivity contribution in [1.29, 1.82) is 0 Å². The van der Waals surface area contributed by atoms with Gasteiger partial charge in [-0.05, 0) is 63.5 Å². The Labute approximate surface area is 205 Å². The summed E-state index contributed by atoms with van der Waals surface area (Å²) in [6, 6.07) is 0. The van der Waals surface area contributed by atoms with Crippen molar-refractivity contribution in [2.45, 2.75) is 83.9 Å². The largest absolute Gasteiger partial charge is 0.464 e. The van der Waals surface area contributed by atoms with E-state index in [0.29, 0.717) is 19.3 Å². The second-order valence-electron chi connectivity index (χ2n) is 11.7. The SMILES string of the molecule is CC(=O)OCC(=O)[C@@]12OC(C)(C)O[C@@H]1CC1C3CCC4=CC(=O)C=C[C@]4(C)C3C(OC=O)C[C@@]12C. The van der Waals surface area contributed by atoms with E-state index in [4.69, 9.17) is 18.9 Å². The van der Waals surface area contributed by atoms with E-state index in [1.165, 1.54) is 6.92 Å². The van der Waals surface area contributed by atoms with Crippen LogP contribution in [0, 0.1) is 28.6 Å². The minimum Gasteiger partial charge on any atom is -0.464 e. The highest BCUT2D eigenvalue weighted by molar-refractivity contribution is 6.01. The molecule has 8 heteroatoms. The summed E-state index contributed by atoms with van der Waals surface area (Å²) < 4.78 is 23.7. The molecular formula is C27H34O8. The van der Waals surface area contributed by atoms with Crippen LogP contribution in [0.4, 0.5) is 0 Å². The Morgan fingerprint density at radius 3 is 2.66 bits per heavy atom. The summed E-state index contributed by atoms with van der Waals surface area (Å²) in [5, 5.41) is 0. The highest BCUT2D eigenvalue weighted by atomic mass is 16.8. The van der Waals surface area contributed by atoms with Crippen molar-refractivity contribution >= 4 is 24.0 Å².